The maximum atomic E-state index is 5.58. The summed E-state index contributed by atoms with van der Waals surface area (Å²) in [7, 11) is 0. The predicted molar refractivity (Wildman–Crippen MR) is 78.4 cm³/mol. The lowest BCUT2D eigenvalue weighted by atomic mass is 10.3. The molecule has 0 atom stereocenters. The Kier molecular flexibility index (Phi) is 4.92. The van der Waals surface area contributed by atoms with E-state index >= 15 is 0 Å². The van der Waals surface area contributed by atoms with Crippen LogP contribution in [0.15, 0.2) is 64.4 Å². The summed E-state index contributed by atoms with van der Waals surface area (Å²) in [4.78, 5) is 7.91. The van der Waals surface area contributed by atoms with Crippen LogP contribution in [0.2, 0.25) is 0 Å². The number of hydrazone groups is 1. The Balaban J connectivity index is 1.86. The molecule has 0 saturated carbocycles. The highest BCUT2D eigenvalue weighted by Gasteiger charge is 1.88. The zero-order chi connectivity index (χ0) is 14.0. The van der Waals surface area contributed by atoms with Crippen LogP contribution in [0.4, 0.5) is 0 Å². The molecule has 3 N–H and O–H groups in total. The lowest BCUT2D eigenvalue weighted by Gasteiger charge is -1.95. The summed E-state index contributed by atoms with van der Waals surface area (Å²) in [5.41, 5.74) is 9.83. The van der Waals surface area contributed by atoms with E-state index < -0.39 is 0 Å². The SMILES string of the molecule is NC(=NN=Cc1cccnc1)NN=Cc1cccnc1. The fourth-order valence-electron chi connectivity index (χ4n) is 1.26. The minimum atomic E-state index is 0.0882. The molecule has 0 aliphatic rings. The molecule has 0 saturated heterocycles. The number of nitrogens with two attached hydrogens (primary N) is 1. The smallest absolute Gasteiger partial charge is 0.234 e. The number of pyridine rings is 2. The molecule has 0 aromatic carbocycles. The van der Waals surface area contributed by atoms with Crippen molar-refractivity contribution < 1.29 is 0 Å². The van der Waals surface area contributed by atoms with E-state index in [1.807, 2.05) is 24.3 Å². The van der Waals surface area contributed by atoms with E-state index in [1.165, 1.54) is 0 Å². The van der Waals surface area contributed by atoms with Gasteiger partial charge in [0.15, 0.2) is 0 Å². The fraction of sp³-hybridized carbons (Fsp3) is 0. The molecular formula is C13H13N7. The van der Waals surface area contributed by atoms with E-state index in [1.54, 1.807) is 37.2 Å². The molecule has 2 heterocycles. The van der Waals surface area contributed by atoms with E-state index in [-0.39, 0.29) is 5.96 Å². The monoisotopic (exact) mass is 267 g/mol. The highest BCUT2D eigenvalue weighted by molar-refractivity contribution is 5.84. The van der Waals surface area contributed by atoms with Gasteiger partial charge in [-0.2, -0.15) is 10.2 Å². The molecule has 0 fully saturated rings. The maximum absolute atomic E-state index is 5.58. The topological polar surface area (TPSA) is 101 Å². The minimum absolute atomic E-state index is 0.0882. The highest BCUT2D eigenvalue weighted by Crippen LogP contribution is 1.91. The van der Waals surface area contributed by atoms with Gasteiger partial charge in [0, 0.05) is 35.9 Å². The molecule has 7 nitrogen and oxygen atoms in total. The van der Waals surface area contributed by atoms with Crippen molar-refractivity contribution in [3.8, 4) is 0 Å². The van der Waals surface area contributed by atoms with Crippen LogP contribution in [0.3, 0.4) is 0 Å². The van der Waals surface area contributed by atoms with Gasteiger partial charge in [0.05, 0.1) is 12.4 Å². The van der Waals surface area contributed by atoms with E-state index in [0.29, 0.717) is 0 Å². The number of nitrogens with zero attached hydrogens (tertiary/aromatic N) is 5. The van der Waals surface area contributed by atoms with Crippen molar-refractivity contribution in [1.82, 2.24) is 15.4 Å². The Labute approximate surface area is 116 Å². The molecular weight excluding hydrogens is 254 g/mol. The van der Waals surface area contributed by atoms with E-state index in [4.69, 9.17) is 5.73 Å². The van der Waals surface area contributed by atoms with Crippen molar-refractivity contribution >= 4 is 18.4 Å². The molecule has 2 aromatic heterocycles. The number of hydrogen-bond acceptors (Lipinski definition) is 5. The first-order chi connectivity index (χ1) is 9.84. The lowest BCUT2D eigenvalue weighted by Crippen LogP contribution is -2.26. The summed E-state index contributed by atoms with van der Waals surface area (Å²) in [5, 5.41) is 11.5. The van der Waals surface area contributed by atoms with Gasteiger partial charge in [-0.3, -0.25) is 9.97 Å². The summed E-state index contributed by atoms with van der Waals surface area (Å²) in [6.45, 7) is 0. The highest BCUT2D eigenvalue weighted by atomic mass is 15.4. The van der Waals surface area contributed by atoms with Gasteiger partial charge < -0.3 is 5.73 Å². The van der Waals surface area contributed by atoms with Crippen molar-refractivity contribution in [1.29, 1.82) is 0 Å². The number of guanidine groups is 1. The van der Waals surface area contributed by atoms with Gasteiger partial charge >= 0.3 is 0 Å². The molecule has 2 rings (SSSR count). The predicted octanol–water partition coefficient (Wildman–Crippen LogP) is 0.749. The summed E-state index contributed by atoms with van der Waals surface area (Å²) in [5.74, 6) is 0.0882. The summed E-state index contributed by atoms with van der Waals surface area (Å²) >= 11 is 0. The average molecular weight is 267 g/mol. The van der Waals surface area contributed by atoms with Gasteiger partial charge in [-0.1, -0.05) is 12.1 Å². The lowest BCUT2D eigenvalue weighted by molar-refractivity contribution is 0.993. The van der Waals surface area contributed by atoms with E-state index in [2.05, 4.69) is 30.7 Å². The largest absolute Gasteiger partial charge is 0.367 e. The molecule has 0 bridgehead atoms. The molecule has 7 heteroatoms. The van der Waals surface area contributed by atoms with Crippen LogP contribution in [0.25, 0.3) is 0 Å². The third-order valence-corrected chi connectivity index (χ3v) is 2.13. The first-order valence-corrected chi connectivity index (χ1v) is 5.80. The zero-order valence-electron chi connectivity index (χ0n) is 10.6. The van der Waals surface area contributed by atoms with Gasteiger partial charge in [0.1, 0.15) is 0 Å². The van der Waals surface area contributed by atoms with Crippen molar-refractivity contribution in [2.24, 2.45) is 21.0 Å². The van der Waals surface area contributed by atoms with Crippen molar-refractivity contribution in [3.05, 3.63) is 60.2 Å². The quantitative estimate of drug-likeness (QED) is 0.485. The molecule has 20 heavy (non-hydrogen) atoms. The van der Waals surface area contributed by atoms with Crippen molar-refractivity contribution in [3.63, 3.8) is 0 Å². The van der Waals surface area contributed by atoms with Crippen LogP contribution >= 0.6 is 0 Å². The molecule has 0 aliphatic heterocycles. The molecule has 2 aromatic rings. The van der Waals surface area contributed by atoms with E-state index in [9.17, 15) is 0 Å². The Bertz CT molecular complexity index is 605. The number of nitrogens with one attached hydrogen (secondary N) is 1. The second-order valence-electron chi connectivity index (χ2n) is 3.67. The number of aromatic nitrogens is 2. The normalized spacial score (nSPS) is 12.1. The number of hydrogen-bond donors (Lipinski definition) is 2. The molecule has 0 spiro atoms. The van der Waals surface area contributed by atoms with Crippen LogP contribution in [-0.2, 0) is 0 Å². The third kappa shape index (κ3) is 4.65. The van der Waals surface area contributed by atoms with Crippen LogP contribution in [-0.4, -0.2) is 28.4 Å². The first-order valence-electron chi connectivity index (χ1n) is 5.80. The molecule has 0 unspecified atom stereocenters. The third-order valence-electron chi connectivity index (χ3n) is 2.13. The average Bonchev–Trinajstić information content (AvgIpc) is 2.49. The molecule has 100 valence electrons. The summed E-state index contributed by atoms with van der Waals surface area (Å²) in [6.07, 6.45) is 9.85. The van der Waals surface area contributed by atoms with Gasteiger partial charge in [0.2, 0.25) is 5.96 Å². The first kappa shape index (κ1) is 13.3. The molecule has 0 amide bonds. The fourth-order valence-corrected chi connectivity index (χ4v) is 1.26. The second kappa shape index (κ2) is 7.37. The zero-order valence-corrected chi connectivity index (χ0v) is 10.6. The Morgan fingerprint density at radius 3 is 2.30 bits per heavy atom. The molecule has 0 aliphatic carbocycles. The number of rotatable bonds is 4. The van der Waals surface area contributed by atoms with E-state index in [0.717, 1.165) is 11.1 Å². The van der Waals surface area contributed by atoms with Gasteiger partial charge in [0.25, 0.3) is 0 Å². The Morgan fingerprint density at radius 1 is 1.05 bits per heavy atom. The molecule has 0 radical (unpaired) electrons. The van der Waals surface area contributed by atoms with Gasteiger partial charge in [-0.15, -0.1) is 5.10 Å². The maximum Gasteiger partial charge on any atom is 0.234 e. The Morgan fingerprint density at radius 2 is 1.70 bits per heavy atom. The standard InChI is InChI=1S/C13H13N7/c14-13(19-17-9-11-3-1-5-15-7-11)20-18-10-12-4-2-6-16-8-12/h1-10H,(H3,14,19,20). The Hall–Kier alpha value is -3.09. The van der Waals surface area contributed by atoms with Crippen LogP contribution < -0.4 is 11.2 Å². The van der Waals surface area contributed by atoms with Crippen LogP contribution in [0.5, 0.6) is 0 Å². The van der Waals surface area contributed by atoms with Gasteiger partial charge in [-0.25, -0.2) is 5.43 Å². The van der Waals surface area contributed by atoms with Crippen molar-refractivity contribution in [2.75, 3.05) is 0 Å². The summed E-state index contributed by atoms with van der Waals surface area (Å²) in [6, 6.07) is 7.35. The summed E-state index contributed by atoms with van der Waals surface area (Å²) < 4.78 is 0. The van der Waals surface area contributed by atoms with Crippen LogP contribution in [0.1, 0.15) is 11.1 Å². The van der Waals surface area contributed by atoms with Gasteiger partial charge in [-0.05, 0) is 12.1 Å². The minimum Gasteiger partial charge on any atom is -0.367 e. The van der Waals surface area contributed by atoms with Crippen molar-refractivity contribution in [2.45, 2.75) is 0 Å². The van der Waals surface area contributed by atoms with Crippen LogP contribution in [0, 0.1) is 0 Å². The second-order valence-corrected chi connectivity index (χ2v) is 3.67.